The van der Waals surface area contributed by atoms with Crippen LogP contribution in [-0.4, -0.2) is 18.1 Å². The molecule has 0 heterocycles. The molecular formula is C14H21NS. The third-order valence-corrected chi connectivity index (χ3v) is 4.11. The molecule has 1 atom stereocenters. The zero-order valence-electron chi connectivity index (χ0n) is 10.0. The molecule has 1 aliphatic carbocycles. The molecule has 0 saturated heterocycles. The van der Waals surface area contributed by atoms with Crippen LogP contribution in [-0.2, 0) is 6.42 Å². The van der Waals surface area contributed by atoms with Gasteiger partial charge in [0.05, 0.1) is 0 Å². The highest BCUT2D eigenvalue weighted by molar-refractivity contribution is 7.99. The second-order valence-electron chi connectivity index (χ2n) is 4.29. The molecule has 1 nitrogen and oxygen atoms in total. The highest BCUT2D eigenvalue weighted by atomic mass is 32.2. The average Bonchev–Trinajstić information content (AvgIpc) is 2.35. The van der Waals surface area contributed by atoms with E-state index in [9.17, 15) is 0 Å². The number of nitrogens with one attached hydrogen (secondary N) is 1. The molecule has 0 saturated carbocycles. The minimum absolute atomic E-state index is 0.599. The Morgan fingerprint density at radius 1 is 1.38 bits per heavy atom. The summed E-state index contributed by atoms with van der Waals surface area (Å²) in [6.45, 7) is 3.36. The first-order valence-corrected chi connectivity index (χ1v) is 7.46. The van der Waals surface area contributed by atoms with E-state index in [1.54, 1.807) is 5.56 Å². The Bertz CT molecular complexity index is 324. The fraction of sp³-hybridized carbons (Fsp3) is 0.571. The molecule has 1 aromatic carbocycles. The summed E-state index contributed by atoms with van der Waals surface area (Å²) in [4.78, 5) is 0. The maximum absolute atomic E-state index is 3.69. The van der Waals surface area contributed by atoms with Crippen LogP contribution in [0.25, 0.3) is 0 Å². The Labute approximate surface area is 103 Å². The van der Waals surface area contributed by atoms with E-state index in [-0.39, 0.29) is 0 Å². The van der Waals surface area contributed by atoms with Crippen LogP contribution in [0.2, 0.25) is 0 Å². The third-order valence-electron chi connectivity index (χ3n) is 3.21. The third kappa shape index (κ3) is 3.02. The monoisotopic (exact) mass is 235 g/mol. The predicted octanol–water partition coefficient (Wildman–Crippen LogP) is 3.41. The van der Waals surface area contributed by atoms with Crippen molar-refractivity contribution in [3.63, 3.8) is 0 Å². The summed E-state index contributed by atoms with van der Waals surface area (Å²) in [6, 6.07) is 9.50. The van der Waals surface area contributed by atoms with Crippen LogP contribution in [0, 0.1) is 0 Å². The summed E-state index contributed by atoms with van der Waals surface area (Å²) in [6.07, 6.45) is 3.89. The fourth-order valence-electron chi connectivity index (χ4n) is 2.42. The summed E-state index contributed by atoms with van der Waals surface area (Å²) in [7, 11) is 0. The van der Waals surface area contributed by atoms with Gasteiger partial charge >= 0.3 is 0 Å². The van der Waals surface area contributed by atoms with Gasteiger partial charge in [0.15, 0.2) is 0 Å². The highest BCUT2D eigenvalue weighted by Crippen LogP contribution is 2.29. The molecular weight excluding hydrogens is 214 g/mol. The van der Waals surface area contributed by atoms with Gasteiger partial charge in [0.25, 0.3) is 0 Å². The van der Waals surface area contributed by atoms with Crippen LogP contribution in [0.5, 0.6) is 0 Å². The molecule has 0 bridgehead atoms. The van der Waals surface area contributed by atoms with Crippen molar-refractivity contribution in [2.24, 2.45) is 0 Å². The first kappa shape index (κ1) is 12.0. The maximum atomic E-state index is 3.69. The van der Waals surface area contributed by atoms with E-state index in [1.165, 1.54) is 36.3 Å². The van der Waals surface area contributed by atoms with Crippen LogP contribution >= 0.6 is 11.8 Å². The molecule has 2 rings (SSSR count). The smallest absolute Gasteiger partial charge is 0.0323 e. The molecule has 0 aliphatic heterocycles. The fourth-order valence-corrected chi connectivity index (χ4v) is 2.97. The van der Waals surface area contributed by atoms with Crippen molar-refractivity contribution in [2.75, 3.05) is 18.1 Å². The first-order valence-electron chi connectivity index (χ1n) is 6.30. The molecule has 0 radical (unpaired) electrons. The van der Waals surface area contributed by atoms with Crippen molar-refractivity contribution in [2.45, 2.75) is 32.2 Å². The van der Waals surface area contributed by atoms with Crippen molar-refractivity contribution in [3.05, 3.63) is 35.4 Å². The lowest BCUT2D eigenvalue weighted by atomic mass is 9.88. The molecule has 1 unspecified atom stereocenters. The molecule has 0 fully saturated rings. The van der Waals surface area contributed by atoms with Gasteiger partial charge in [-0.25, -0.2) is 0 Å². The zero-order valence-corrected chi connectivity index (χ0v) is 10.9. The Kier molecular flexibility index (Phi) is 4.73. The van der Waals surface area contributed by atoms with Gasteiger partial charge < -0.3 is 5.32 Å². The number of fused-ring (bicyclic) bond motifs is 1. The van der Waals surface area contributed by atoms with Gasteiger partial charge in [0.1, 0.15) is 0 Å². The Morgan fingerprint density at radius 3 is 3.12 bits per heavy atom. The van der Waals surface area contributed by atoms with E-state index < -0.39 is 0 Å². The van der Waals surface area contributed by atoms with Crippen LogP contribution in [0.15, 0.2) is 24.3 Å². The summed E-state index contributed by atoms with van der Waals surface area (Å²) in [5.41, 5.74) is 3.09. The van der Waals surface area contributed by atoms with Crippen LogP contribution in [0.4, 0.5) is 0 Å². The predicted molar refractivity (Wildman–Crippen MR) is 73.1 cm³/mol. The van der Waals surface area contributed by atoms with Crippen LogP contribution < -0.4 is 5.32 Å². The number of hydrogen-bond acceptors (Lipinski definition) is 2. The maximum Gasteiger partial charge on any atom is 0.0323 e. The second kappa shape index (κ2) is 6.31. The van der Waals surface area contributed by atoms with Gasteiger partial charge in [-0.05, 0) is 36.1 Å². The molecule has 0 amide bonds. The molecule has 0 aromatic heterocycles. The van der Waals surface area contributed by atoms with Gasteiger partial charge in [0.2, 0.25) is 0 Å². The van der Waals surface area contributed by atoms with E-state index in [2.05, 4.69) is 36.5 Å². The molecule has 0 spiro atoms. The molecule has 1 aliphatic rings. The van der Waals surface area contributed by atoms with Gasteiger partial charge in [-0.2, -0.15) is 11.8 Å². The SMILES string of the molecule is CCSCCNC1CCCc2ccccc21. The first-order chi connectivity index (χ1) is 7.92. The van der Waals surface area contributed by atoms with Gasteiger partial charge in [-0.1, -0.05) is 31.2 Å². The second-order valence-corrected chi connectivity index (χ2v) is 5.69. The van der Waals surface area contributed by atoms with Crippen molar-refractivity contribution in [1.82, 2.24) is 5.32 Å². The number of benzene rings is 1. The minimum atomic E-state index is 0.599. The average molecular weight is 235 g/mol. The zero-order chi connectivity index (χ0) is 11.2. The van der Waals surface area contributed by atoms with Gasteiger partial charge in [-0.3, -0.25) is 0 Å². The van der Waals surface area contributed by atoms with Crippen molar-refractivity contribution in [3.8, 4) is 0 Å². The van der Waals surface area contributed by atoms with Crippen molar-refractivity contribution < 1.29 is 0 Å². The summed E-state index contributed by atoms with van der Waals surface area (Å²) < 4.78 is 0. The number of thioether (sulfide) groups is 1. The van der Waals surface area contributed by atoms with Crippen molar-refractivity contribution in [1.29, 1.82) is 0 Å². The summed E-state index contributed by atoms with van der Waals surface area (Å²) >= 11 is 2.02. The Balaban J connectivity index is 1.91. The summed E-state index contributed by atoms with van der Waals surface area (Å²) in [5.74, 6) is 2.46. The van der Waals surface area contributed by atoms with E-state index in [4.69, 9.17) is 0 Å². The largest absolute Gasteiger partial charge is 0.309 e. The normalized spacial score (nSPS) is 19.4. The lowest BCUT2D eigenvalue weighted by Gasteiger charge is -2.26. The van der Waals surface area contributed by atoms with Gasteiger partial charge in [0, 0.05) is 18.3 Å². The quantitative estimate of drug-likeness (QED) is 0.785. The van der Waals surface area contributed by atoms with Crippen LogP contribution in [0.3, 0.4) is 0 Å². The topological polar surface area (TPSA) is 12.0 Å². The molecule has 16 heavy (non-hydrogen) atoms. The van der Waals surface area contributed by atoms with E-state index in [0.717, 1.165) is 6.54 Å². The number of hydrogen-bond donors (Lipinski definition) is 1. The van der Waals surface area contributed by atoms with Crippen molar-refractivity contribution >= 4 is 11.8 Å². The minimum Gasteiger partial charge on any atom is -0.309 e. The Morgan fingerprint density at radius 2 is 2.25 bits per heavy atom. The lowest BCUT2D eigenvalue weighted by molar-refractivity contribution is 0.473. The standard InChI is InChI=1S/C14H21NS/c1-2-16-11-10-15-14-9-5-7-12-6-3-4-8-13(12)14/h3-4,6,8,14-15H,2,5,7,9-11H2,1H3. The molecule has 1 N–H and O–H groups in total. The highest BCUT2D eigenvalue weighted by Gasteiger charge is 2.18. The Hall–Kier alpha value is -0.470. The summed E-state index contributed by atoms with van der Waals surface area (Å²) in [5, 5.41) is 3.69. The molecule has 88 valence electrons. The van der Waals surface area contributed by atoms with E-state index in [0.29, 0.717) is 6.04 Å². The van der Waals surface area contributed by atoms with E-state index >= 15 is 0 Å². The van der Waals surface area contributed by atoms with Gasteiger partial charge in [-0.15, -0.1) is 0 Å². The molecule has 1 aromatic rings. The number of aryl methyl sites for hydroxylation is 1. The van der Waals surface area contributed by atoms with E-state index in [1.807, 2.05) is 11.8 Å². The number of rotatable bonds is 5. The van der Waals surface area contributed by atoms with Crippen LogP contribution in [0.1, 0.15) is 36.9 Å². The molecule has 2 heteroatoms. The lowest BCUT2D eigenvalue weighted by Crippen LogP contribution is -2.27.